The number of amides is 1. The molecule has 1 aromatic carbocycles. The van der Waals surface area contributed by atoms with Crippen molar-refractivity contribution >= 4 is 11.6 Å². The number of anilines is 1. The highest BCUT2D eigenvalue weighted by molar-refractivity contribution is 5.95. The molecule has 116 valence electrons. The van der Waals surface area contributed by atoms with Crippen LogP contribution in [0.2, 0.25) is 0 Å². The van der Waals surface area contributed by atoms with Gasteiger partial charge in [-0.25, -0.2) is 0 Å². The van der Waals surface area contributed by atoms with E-state index in [9.17, 15) is 18.0 Å². The van der Waals surface area contributed by atoms with Gasteiger partial charge >= 0.3 is 6.18 Å². The van der Waals surface area contributed by atoms with Crippen LogP contribution in [-0.2, 0) is 11.3 Å². The summed E-state index contributed by atoms with van der Waals surface area (Å²) >= 11 is 0. The topological polar surface area (TPSA) is 46.9 Å². The van der Waals surface area contributed by atoms with Crippen LogP contribution in [0.3, 0.4) is 0 Å². The van der Waals surface area contributed by atoms with E-state index < -0.39 is 12.7 Å². The fourth-order valence-corrected chi connectivity index (χ4v) is 2.49. The molecule has 2 unspecified atom stereocenters. The van der Waals surface area contributed by atoms with Gasteiger partial charge in [-0.3, -0.25) is 9.48 Å². The molecule has 1 aliphatic carbocycles. The first-order valence-electron chi connectivity index (χ1n) is 6.87. The molecule has 0 spiro atoms. The maximum Gasteiger partial charge on any atom is 0.408 e. The van der Waals surface area contributed by atoms with E-state index in [1.54, 1.807) is 0 Å². The number of alkyl halides is 3. The van der Waals surface area contributed by atoms with Crippen LogP contribution in [0, 0.1) is 5.92 Å². The van der Waals surface area contributed by atoms with Gasteiger partial charge in [0.05, 0.1) is 11.9 Å². The molecular formula is C15H14F3N3O. The molecule has 4 nitrogen and oxygen atoms in total. The zero-order valence-corrected chi connectivity index (χ0v) is 11.5. The third-order valence-corrected chi connectivity index (χ3v) is 3.60. The number of nitrogens with one attached hydrogen (secondary N) is 1. The van der Waals surface area contributed by atoms with Crippen molar-refractivity contribution in [3.8, 4) is 0 Å². The van der Waals surface area contributed by atoms with Gasteiger partial charge < -0.3 is 5.32 Å². The number of hydrogen-bond acceptors (Lipinski definition) is 2. The minimum atomic E-state index is -4.33. The van der Waals surface area contributed by atoms with E-state index in [0.717, 1.165) is 16.7 Å². The average Bonchev–Trinajstić information content (AvgIpc) is 3.15. The van der Waals surface area contributed by atoms with Crippen molar-refractivity contribution in [1.82, 2.24) is 9.78 Å². The first-order chi connectivity index (χ1) is 10.4. The van der Waals surface area contributed by atoms with Crippen molar-refractivity contribution in [2.75, 3.05) is 5.32 Å². The van der Waals surface area contributed by atoms with Crippen molar-refractivity contribution in [1.29, 1.82) is 0 Å². The largest absolute Gasteiger partial charge is 0.408 e. The lowest BCUT2D eigenvalue weighted by atomic mass is 10.1. The Morgan fingerprint density at radius 3 is 2.73 bits per heavy atom. The summed E-state index contributed by atoms with van der Waals surface area (Å²) in [6, 6.07) is 9.70. The van der Waals surface area contributed by atoms with E-state index in [-0.39, 0.29) is 23.4 Å². The number of carbonyl (C=O) groups excluding carboxylic acids is 1. The zero-order chi connectivity index (χ0) is 15.7. The number of hydrogen-bond donors (Lipinski definition) is 1. The zero-order valence-electron chi connectivity index (χ0n) is 11.5. The SMILES string of the molecule is O=C(Nc1cnn(CC(F)(F)F)c1)C1CC1c1ccccc1. The molecule has 1 aromatic heterocycles. The van der Waals surface area contributed by atoms with Crippen molar-refractivity contribution in [2.45, 2.75) is 25.1 Å². The van der Waals surface area contributed by atoms with E-state index >= 15 is 0 Å². The van der Waals surface area contributed by atoms with Crippen molar-refractivity contribution in [2.24, 2.45) is 5.92 Å². The maximum atomic E-state index is 12.2. The van der Waals surface area contributed by atoms with Gasteiger partial charge in [0, 0.05) is 12.1 Å². The third-order valence-electron chi connectivity index (χ3n) is 3.60. The Hall–Kier alpha value is -2.31. The summed E-state index contributed by atoms with van der Waals surface area (Å²) in [5, 5.41) is 6.21. The summed E-state index contributed by atoms with van der Waals surface area (Å²) in [6.07, 6.45) is -1.16. The summed E-state index contributed by atoms with van der Waals surface area (Å²) < 4.78 is 37.5. The van der Waals surface area contributed by atoms with E-state index in [1.807, 2.05) is 30.3 Å². The molecule has 1 heterocycles. The van der Waals surface area contributed by atoms with Crippen LogP contribution < -0.4 is 5.32 Å². The van der Waals surface area contributed by atoms with E-state index in [1.165, 1.54) is 12.4 Å². The van der Waals surface area contributed by atoms with Crippen LogP contribution in [-0.4, -0.2) is 21.9 Å². The Bertz CT molecular complexity index is 666. The highest BCUT2D eigenvalue weighted by Gasteiger charge is 2.43. The van der Waals surface area contributed by atoms with Crippen molar-refractivity contribution in [3.05, 3.63) is 48.3 Å². The Balaban J connectivity index is 1.57. The van der Waals surface area contributed by atoms with Gasteiger partial charge in [-0.15, -0.1) is 0 Å². The number of aromatic nitrogens is 2. The highest BCUT2D eigenvalue weighted by Crippen LogP contribution is 2.47. The molecule has 0 bridgehead atoms. The molecule has 1 aliphatic rings. The second-order valence-corrected chi connectivity index (χ2v) is 5.39. The highest BCUT2D eigenvalue weighted by atomic mass is 19.4. The smallest absolute Gasteiger partial charge is 0.323 e. The van der Waals surface area contributed by atoms with Crippen molar-refractivity contribution in [3.63, 3.8) is 0 Å². The summed E-state index contributed by atoms with van der Waals surface area (Å²) in [7, 11) is 0. The Kier molecular flexibility index (Phi) is 3.64. The normalized spacial score (nSPS) is 20.7. The van der Waals surface area contributed by atoms with Crippen LogP contribution in [0.15, 0.2) is 42.7 Å². The number of halogens is 3. The van der Waals surface area contributed by atoms with Crippen LogP contribution in [0.25, 0.3) is 0 Å². The predicted molar refractivity (Wildman–Crippen MR) is 74.2 cm³/mol. The Labute approximate surface area is 124 Å². The molecular weight excluding hydrogens is 295 g/mol. The van der Waals surface area contributed by atoms with Gasteiger partial charge in [0.2, 0.25) is 5.91 Å². The number of carbonyl (C=O) groups is 1. The molecule has 22 heavy (non-hydrogen) atoms. The second kappa shape index (κ2) is 5.47. The van der Waals surface area contributed by atoms with Gasteiger partial charge in [-0.2, -0.15) is 18.3 Å². The van der Waals surface area contributed by atoms with Gasteiger partial charge in [-0.1, -0.05) is 30.3 Å². The van der Waals surface area contributed by atoms with Gasteiger partial charge in [0.25, 0.3) is 0 Å². The number of benzene rings is 1. The quantitative estimate of drug-likeness (QED) is 0.943. The van der Waals surface area contributed by atoms with Gasteiger partial charge in [0.1, 0.15) is 6.54 Å². The van der Waals surface area contributed by atoms with E-state index in [4.69, 9.17) is 0 Å². The van der Waals surface area contributed by atoms with Crippen LogP contribution in [0.1, 0.15) is 17.9 Å². The number of rotatable bonds is 4. The molecule has 1 amide bonds. The summed E-state index contributed by atoms with van der Waals surface area (Å²) in [4.78, 5) is 12.1. The first kappa shape index (κ1) is 14.6. The molecule has 0 aliphatic heterocycles. The van der Waals surface area contributed by atoms with E-state index in [2.05, 4.69) is 10.4 Å². The third kappa shape index (κ3) is 3.47. The molecule has 1 N–H and O–H groups in total. The standard InChI is InChI=1S/C15H14F3N3O/c16-15(17,18)9-21-8-11(7-19-21)20-14(22)13-6-12(13)10-4-2-1-3-5-10/h1-5,7-8,12-13H,6,9H2,(H,20,22). The molecule has 2 atom stereocenters. The minimum Gasteiger partial charge on any atom is -0.323 e. The maximum absolute atomic E-state index is 12.2. The molecule has 0 radical (unpaired) electrons. The van der Waals surface area contributed by atoms with Crippen LogP contribution >= 0.6 is 0 Å². The lowest BCUT2D eigenvalue weighted by Gasteiger charge is -2.05. The summed E-state index contributed by atoms with van der Waals surface area (Å²) in [5.74, 6) is -0.125. The molecule has 0 saturated heterocycles. The Morgan fingerprint density at radius 1 is 1.32 bits per heavy atom. The fourth-order valence-electron chi connectivity index (χ4n) is 2.49. The van der Waals surface area contributed by atoms with E-state index in [0.29, 0.717) is 0 Å². The van der Waals surface area contributed by atoms with Gasteiger partial charge in [0.15, 0.2) is 0 Å². The number of nitrogens with zero attached hydrogens (tertiary/aromatic N) is 2. The minimum absolute atomic E-state index is 0.131. The fraction of sp³-hybridized carbons (Fsp3) is 0.333. The molecule has 3 rings (SSSR count). The predicted octanol–water partition coefficient (Wildman–Crippen LogP) is 3.19. The first-order valence-corrected chi connectivity index (χ1v) is 6.87. The van der Waals surface area contributed by atoms with Gasteiger partial charge in [-0.05, 0) is 17.9 Å². The molecule has 2 aromatic rings. The molecule has 1 saturated carbocycles. The van der Waals surface area contributed by atoms with Crippen molar-refractivity contribution < 1.29 is 18.0 Å². The monoisotopic (exact) mass is 309 g/mol. The lowest BCUT2D eigenvalue weighted by molar-refractivity contribution is -0.142. The molecule has 1 fully saturated rings. The molecule has 7 heteroatoms. The summed E-state index contributed by atoms with van der Waals surface area (Å²) in [5.41, 5.74) is 1.39. The second-order valence-electron chi connectivity index (χ2n) is 5.39. The average molecular weight is 309 g/mol. The lowest BCUT2D eigenvalue weighted by Crippen LogP contribution is -2.18. The van der Waals surface area contributed by atoms with Crippen LogP contribution in [0.5, 0.6) is 0 Å². The van der Waals surface area contributed by atoms with Crippen LogP contribution in [0.4, 0.5) is 18.9 Å². The summed E-state index contributed by atoms with van der Waals surface area (Å²) in [6.45, 7) is -1.17. The Morgan fingerprint density at radius 2 is 2.05 bits per heavy atom.